The van der Waals surface area contributed by atoms with Crippen molar-refractivity contribution in [1.82, 2.24) is 10.2 Å². The Morgan fingerprint density at radius 2 is 1.77 bits per heavy atom. The summed E-state index contributed by atoms with van der Waals surface area (Å²) in [6, 6.07) is 14.1. The number of rotatable bonds is 13. The molecule has 3 aromatic rings. The van der Waals surface area contributed by atoms with Crippen molar-refractivity contribution in [2.45, 2.75) is 64.6 Å². The highest BCUT2D eigenvalue weighted by atomic mass is 35.5. The van der Waals surface area contributed by atoms with Gasteiger partial charge in [-0.05, 0) is 63.9 Å². The summed E-state index contributed by atoms with van der Waals surface area (Å²) in [5.41, 5.74) is 1.52. The zero-order chi connectivity index (χ0) is 32.8. The van der Waals surface area contributed by atoms with Crippen molar-refractivity contribution in [2.24, 2.45) is 0 Å². The molecule has 0 fully saturated rings. The Kier molecular flexibility index (Phi) is 11.3. The first kappa shape index (κ1) is 34.3. The third-order valence-electron chi connectivity index (χ3n) is 6.91. The molecule has 0 spiro atoms. The first-order chi connectivity index (χ1) is 20.7. The van der Waals surface area contributed by atoms with E-state index >= 15 is 0 Å². The third-order valence-corrected chi connectivity index (χ3v) is 8.90. The van der Waals surface area contributed by atoms with E-state index < -0.39 is 44.0 Å². The van der Waals surface area contributed by atoms with Gasteiger partial charge in [0.2, 0.25) is 11.8 Å². The minimum atomic E-state index is -4.61. The lowest BCUT2D eigenvalue weighted by Crippen LogP contribution is -2.53. The van der Waals surface area contributed by atoms with E-state index in [2.05, 4.69) is 5.32 Å². The van der Waals surface area contributed by atoms with Gasteiger partial charge in [-0.3, -0.25) is 24.0 Å². The van der Waals surface area contributed by atoms with Crippen molar-refractivity contribution >= 4 is 44.8 Å². The molecule has 0 heterocycles. The fraction of sp³-hybridized carbons (Fsp3) is 0.355. The summed E-state index contributed by atoms with van der Waals surface area (Å²) in [6.45, 7) is 8.04. The Morgan fingerprint density at radius 1 is 1.07 bits per heavy atom. The number of methoxy groups -OCH3 is 1. The number of carbonyl (C=O) groups excluding carboxylic acids is 2. The maximum absolute atomic E-state index is 14.3. The van der Waals surface area contributed by atoms with Crippen molar-refractivity contribution in [2.75, 3.05) is 18.0 Å². The zero-order valence-corrected chi connectivity index (χ0v) is 27.1. The SMILES string of the molecule is CCC(C(=O)NC(C)C)N(Cc1cccc(C)c1)C(=O)CN(c1cc(Cl)ccc1OC)S(=O)(=O)c1ccc(C)c([N+](=O)[O-])c1. The van der Waals surface area contributed by atoms with Crippen LogP contribution < -0.4 is 14.4 Å². The summed E-state index contributed by atoms with van der Waals surface area (Å²) in [7, 11) is -3.28. The fourth-order valence-corrected chi connectivity index (χ4v) is 6.36. The summed E-state index contributed by atoms with van der Waals surface area (Å²) < 4.78 is 34.7. The summed E-state index contributed by atoms with van der Waals surface area (Å²) in [4.78, 5) is 39.5. The highest BCUT2D eigenvalue weighted by molar-refractivity contribution is 7.92. The van der Waals surface area contributed by atoms with Crippen LogP contribution in [0.4, 0.5) is 11.4 Å². The van der Waals surface area contributed by atoms with Crippen LogP contribution in [0.25, 0.3) is 0 Å². The minimum absolute atomic E-state index is 0.0289. The van der Waals surface area contributed by atoms with Crippen LogP contribution in [0, 0.1) is 24.0 Å². The van der Waals surface area contributed by atoms with Gasteiger partial charge in [0.1, 0.15) is 18.3 Å². The summed E-state index contributed by atoms with van der Waals surface area (Å²) in [5.74, 6) is -0.959. The molecule has 0 aromatic heterocycles. The number of benzene rings is 3. The molecule has 0 aliphatic carbocycles. The van der Waals surface area contributed by atoms with Crippen LogP contribution in [0.2, 0.25) is 5.02 Å². The lowest BCUT2D eigenvalue weighted by molar-refractivity contribution is -0.385. The maximum Gasteiger partial charge on any atom is 0.273 e. The lowest BCUT2D eigenvalue weighted by Gasteiger charge is -2.34. The predicted molar refractivity (Wildman–Crippen MR) is 169 cm³/mol. The van der Waals surface area contributed by atoms with Crippen molar-refractivity contribution in [3.8, 4) is 5.75 Å². The van der Waals surface area contributed by atoms with Gasteiger partial charge in [0, 0.05) is 29.2 Å². The van der Waals surface area contributed by atoms with Crippen molar-refractivity contribution in [3.05, 3.63) is 92.5 Å². The van der Waals surface area contributed by atoms with Crippen LogP contribution in [0.5, 0.6) is 5.75 Å². The van der Waals surface area contributed by atoms with E-state index in [0.717, 1.165) is 21.5 Å². The molecular formula is C31H37ClN4O7S. The van der Waals surface area contributed by atoms with E-state index in [-0.39, 0.29) is 46.9 Å². The number of nitrogens with zero attached hydrogens (tertiary/aromatic N) is 3. The number of nitro benzene ring substituents is 1. The van der Waals surface area contributed by atoms with Crippen molar-refractivity contribution in [1.29, 1.82) is 0 Å². The molecule has 1 atom stereocenters. The monoisotopic (exact) mass is 644 g/mol. The molecule has 0 radical (unpaired) electrons. The van der Waals surface area contributed by atoms with Gasteiger partial charge in [-0.1, -0.05) is 54.4 Å². The molecule has 1 N–H and O–H groups in total. The molecule has 44 heavy (non-hydrogen) atoms. The van der Waals surface area contributed by atoms with Crippen LogP contribution in [-0.2, 0) is 26.2 Å². The average Bonchev–Trinajstić information content (AvgIpc) is 2.95. The van der Waals surface area contributed by atoms with Crippen LogP contribution >= 0.6 is 11.6 Å². The number of halogens is 1. The maximum atomic E-state index is 14.3. The van der Waals surface area contributed by atoms with Crippen molar-refractivity contribution < 1.29 is 27.7 Å². The normalized spacial score (nSPS) is 12.0. The Bertz CT molecular complexity index is 1650. The zero-order valence-electron chi connectivity index (χ0n) is 25.5. The van der Waals surface area contributed by atoms with E-state index in [1.165, 1.54) is 49.3 Å². The van der Waals surface area contributed by atoms with Crippen LogP contribution in [-0.4, -0.2) is 55.8 Å². The standard InChI is InChI=1S/C31H37ClN4O7S/c1-7-26(31(38)33-20(2)3)34(18-23-10-8-9-21(4)15-23)30(37)19-35(28-16-24(32)12-14-29(28)43-6)44(41,42)25-13-11-22(5)27(17-25)36(39)40/h8-17,20,26H,7,18-19H2,1-6H3,(H,33,38). The van der Waals surface area contributed by atoms with Crippen molar-refractivity contribution in [3.63, 3.8) is 0 Å². The molecule has 0 aliphatic rings. The second-order valence-corrected chi connectivity index (χ2v) is 12.9. The van der Waals surface area contributed by atoms with Gasteiger partial charge < -0.3 is 15.0 Å². The number of amides is 2. The number of hydrogen-bond donors (Lipinski definition) is 1. The number of anilines is 1. The van der Waals surface area contributed by atoms with Gasteiger partial charge in [0.15, 0.2) is 0 Å². The molecular weight excluding hydrogens is 608 g/mol. The average molecular weight is 645 g/mol. The van der Waals surface area contributed by atoms with E-state index in [1.807, 2.05) is 31.2 Å². The van der Waals surface area contributed by atoms with Crippen LogP contribution in [0.3, 0.4) is 0 Å². The second kappa shape index (κ2) is 14.5. The molecule has 0 saturated heterocycles. The molecule has 3 aromatic carbocycles. The largest absolute Gasteiger partial charge is 0.495 e. The van der Waals surface area contributed by atoms with Gasteiger partial charge in [0.05, 0.1) is 22.6 Å². The third kappa shape index (κ3) is 8.06. The Balaban J connectivity index is 2.20. The van der Waals surface area contributed by atoms with E-state index in [4.69, 9.17) is 16.3 Å². The molecule has 0 bridgehead atoms. The molecule has 2 amide bonds. The first-order valence-electron chi connectivity index (χ1n) is 14.0. The number of hydrogen-bond acceptors (Lipinski definition) is 7. The van der Waals surface area contributed by atoms with E-state index in [9.17, 15) is 28.1 Å². The molecule has 13 heteroatoms. The van der Waals surface area contributed by atoms with Gasteiger partial charge in [0.25, 0.3) is 15.7 Å². The van der Waals surface area contributed by atoms with Gasteiger partial charge in [-0.25, -0.2) is 8.42 Å². The number of carbonyl (C=O) groups is 2. The van der Waals surface area contributed by atoms with Crippen LogP contribution in [0.15, 0.2) is 65.6 Å². The number of aryl methyl sites for hydroxylation is 2. The predicted octanol–water partition coefficient (Wildman–Crippen LogP) is 5.40. The molecule has 1 unspecified atom stereocenters. The van der Waals surface area contributed by atoms with Gasteiger partial charge in [-0.15, -0.1) is 0 Å². The number of nitro groups is 1. The van der Waals surface area contributed by atoms with E-state index in [0.29, 0.717) is 0 Å². The highest BCUT2D eigenvalue weighted by Gasteiger charge is 2.35. The second-order valence-electron chi connectivity index (χ2n) is 10.6. The number of ether oxygens (including phenoxy) is 1. The lowest BCUT2D eigenvalue weighted by atomic mass is 10.1. The Labute approximate surface area is 263 Å². The number of nitrogens with one attached hydrogen (secondary N) is 1. The minimum Gasteiger partial charge on any atom is -0.495 e. The summed E-state index contributed by atoms with van der Waals surface area (Å²) in [5, 5.41) is 14.7. The first-order valence-corrected chi connectivity index (χ1v) is 15.8. The quantitative estimate of drug-likeness (QED) is 0.194. The molecule has 236 valence electrons. The van der Waals surface area contributed by atoms with Gasteiger partial charge >= 0.3 is 0 Å². The van der Waals surface area contributed by atoms with Crippen LogP contribution in [0.1, 0.15) is 43.9 Å². The summed E-state index contributed by atoms with van der Waals surface area (Å²) >= 11 is 6.27. The number of sulfonamides is 1. The molecule has 11 nitrogen and oxygen atoms in total. The molecule has 3 rings (SSSR count). The molecule has 0 saturated carbocycles. The Morgan fingerprint density at radius 3 is 2.36 bits per heavy atom. The van der Waals surface area contributed by atoms with E-state index in [1.54, 1.807) is 20.8 Å². The highest BCUT2D eigenvalue weighted by Crippen LogP contribution is 2.36. The smallest absolute Gasteiger partial charge is 0.273 e. The molecule has 0 aliphatic heterocycles. The van der Waals surface area contributed by atoms with Gasteiger partial charge in [-0.2, -0.15) is 0 Å². The Hall–Kier alpha value is -4.16. The summed E-state index contributed by atoms with van der Waals surface area (Å²) in [6.07, 6.45) is 0.257. The topological polar surface area (TPSA) is 139 Å². The fourth-order valence-electron chi connectivity index (χ4n) is 4.75.